The van der Waals surface area contributed by atoms with Crippen LogP contribution in [0.2, 0.25) is 0 Å². The van der Waals surface area contributed by atoms with Crippen LogP contribution in [-0.4, -0.2) is 35.0 Å². The predicted octanol–water partition coefficient (Wildman–Crippen LogP) is 4.88. The molecule has 0 unspecified atom stereocenters. The van der Waals surface area contributed by atoms with Crippen molar-refractivity contribution in [3.8, 4) is 5.19 Å². The topological polar surface area (TPSA) is 42.4 Å². The monoisotopic (exact) mass is 360 g/mol. The van der Waals surface area contributed by atoms with Gasteiger partial charge in [0.15, 0.2) is 0 Å². The number of benzene rings is 1. The summed E-state index contributed by atoms with van der Waals surface area (Å²) in [6, 6.07) is 8.11. The summed E-state index contributed by atoms with van der Waals surface area (Å²) in [4.78, 5) is 19.3. The van der Waals surface area contributed by atoms with E-state index in [9.17, 15) is 4.79 Å². The van der Waals surface area contributed by atoms with E-state index in [1.807, 2.05) is 23.1 Å². The van der Waals surface area contributed by atoms with Gasteiger partial charge in [-0.15, -0.1) is 0 Å². The number of piperidine rings is 1. The number of hydrogen-bond acceptors (Lipinski definition) is 4. The maximum Gasteiger partial charge on any atom is 0.274 e. The molecule has 0 bridgehead atoms. The highest BCUT2D eigenvalue weighted by molar-refractivity contribution is 7.20. The highest BCUT2D eigenvalue weighted by Crippen LogP contribution is 2.30. The zero-order valence-electron chi connectivity index (χ0n) is 15.2. The highest BCUT2D eigenvalue weighted by Gasteiger charge is 2.28. The molecule has 1 aromatic heterocycles. The van der Waals surface area contributed by atoms with Crippen LogP contribution in [0, 0.1) is 5.92 Å². The third-order valence-electron chi connectivity index (χ3n) is 4.92. The molecule has 0 spiro atoms. The molecule has 0 radical (unpaired) electrons. The Morgan fingerprint density at radius 3 is 2.56 bits per heavy atom. The number of thiazole rings is 1. The van der Waals surface area contributed by atoms with Crippen molar-refractivity contribution in [3.05, 3.63) is 24.3 Å². The molecule has 0 N–H and O–H groups in total. The molecule has 0 atom stereocenters. The molecule has 3 rings (SSSR count). The molecule has 0 saturated carbocycles. The second-order valence-corrected chi connectivity index (χ2v) is 7.86. The van der Waals surface area contributed by atoms with Crippen molar-refractivity contribution in [1.82, 2.24) is 9.88 Å². The Morgan fingerprint density at radius 2 is 1.92 bits per heavy atom. The van der Waals surface area contributed by atoms with Crippen molar-refractivity contribution < 1.29 is 9.53 Å². The van der Waals surface area contributed by atoms with Gasteiger partial charge in [0, 0.05) is 31.8 Å². The summed E-state index contributed by atoms with van der Waals surface area (Å²) in [7, 11) is 0. The minimum atomic E-state index is 0.167. The number of nitrogens with zero attached hydrogens (tertiary/aromatic N) is 2. The number of carbonyl (C=O) groups excluding carboxylic acids is 1. The van der Waals surface area contributed by atoms with E-state index in [1.165, 1.54) is 0 Å². The standard InChI is InChI=1S/C20H28N2O2S/c1-3-7-15(8-4-2)19(23)22-13-11-16(12-14-22)24-20-21-17-9-5-6-10-18(17)25-20/h5-6,9-10,15-16H,3-4,7-8,11-14H2,1-2H3. The van der Waals surface area contributed by atoms with Crippen molar-refractivity contribution in [2.24, 2.45) is 5.92 Å². The number of hydrogen-bond donors (Lipinski definition) is 0. The molecule has 1 saturated heterocycles. The maximum absolute atomic E-state index is 12.7. The SMILES string of the molecule is CCCC(CCC)C(=O)N1CCC(Oc2nc3ccccc3s2)CC1. The Kier molecular flexibility index (Phi) is 6.29. The lowest BCUT2D eigenvalue weighted by molar-refractivity contribution is -0.137. The summed E-state index contributed by atoms with van der Waals surface area (Å²) in [5, 5.41) is 0.751. The van der Waals surface area contributed by atoms with Crippen LogP contribution >= 0.6 is 11.3 Å². The second-order valence-electron chi connectivity index (χ2n) is 6.86. The van der Waals surface area contributed by atoms with Gasteiger partial charge in [-0.1, -0.05) is 50.2 Å². The van der Waals surface area contributed by atoms with Crippen LogP contribution in [0.3, 0.4) is 0 Å². The number of rotatable bonds is 7. The van der Waals surface area contributed by atoms with E-state index < -0.39 is 0 Å². The van der Waals surface area contributed by atoms with Gasteiger partial charge in [-0.25, -0.2) is 4.98 Å². The first kappa shape index (κ1) is 18.2. The first-order valence-electron chi connectivity index (χ1n) is 9.52. The average Bonchev–Trinajstić information content (AvgIpc) is 3.04. The van der Waals surface area contributed by atoms with Gasteiger partial charge in [-0.05, 0) is 25.0 Å². The number of ether oxygens (including phenoxy) is 1. The quantitative estimate of drug-likeness (QED) is 0.706. The van der Waals surface area contributed by atoms with E-state index in [-0.39, 0.29) is 12.0 Å². The Labute approximate surface area is 154 Å². The van der Waals surface area contributed by atoms with Crippen molar-refractivity contribution in [1.29, 1.82) is 0 Å². The summed E-state index contributed by atoms with van der Waals surface area (Å²) in [5.41, 5.74) is 0.997. The molecule has 1 fully saturated rings. The molecule has 2 aromatic rings. The molecule has 2 heterocycles. The van der Waals surface area contributed by atoms with Crippen LogP contribution in [-0.2, 0) is 4.79 Å². The first-order chi connectivity index (χ1) is 12.2. The van der Waals surface area contributed by atoms with Crippen molar-refractivity contribution >= 4 is 27.5 Å². The molecule has 1 aliphatic rings. The van der Waals surface area contributed by atoms with Crippen molar-refractivity contribution in [2.45, 2.75) is 58.5 Å². The van der Waals surface area contributed by atoms with Gasteiger partial charge < -0.3 is 9.64 Å². The summed E-state index contributed by atoms with van der Waals surface area (Å²) in [5.74, 6) is 0.555. The Balaban J connectivity index is 1.53. The van der Waals surface area contributed by atoms with E-state index in [1.54, 1.807) is 11.3 Å². The Bertz CT molecular complexity index is 653. The van der Waals surface area contributed by atoms with E-state index in [0.29, 0.717) is 5.91 Å². The van der Waals surface area contributed by atoms with Gasteiger partial charge >= 0.3 is 0 Å². The fourth-order valence-corrected chi connectivity index (χ4v) is 4.47. The van der Waals surface area contributed by atoms with E-state index in [0.717, 1.165) is 67.0 Å². The molecule has 4 nitrogen and oxygen atoms in total. The lowest BCUT2D eigenvalue weighted by Crippen LogP contribution is -2.44. The molecular formula is C20H28N2O2S. The van der Waals surface area contributed by atoms with Crippen LogP contribution < -0.4 is 4.74 Å². The molecule has 136 valence electrons. The molecule has 1 amide bonds. The van der Waals surface area contributed by atoms with Gasteiger partial charge in [0.05, 0.1) is 10.2 Å². The minimum Gasteiger partial charge on any atom is -0.467 e. The molecule has 0 aliphatic carbocycles. The third kappa shape index (κ3) is 4.51. The zero-order valence-corrected chi connectivity index (χ0v) is 16.1. The van der Waals surface area contributed by atoms with Gasteiger partial charge in [-0.3, -0.25) is 4.79 Å². The first-order valence-corrected chi connectivity index (χ1v) is 10.3. The second kappa shape index (κ2) is 8.65. The number of fused-ring (bicyclic) bond motifs is 1. The molecule has 5 heteroatoms. The fourth-order valence-electron chi connectivity index (χ4n) is 3.58. The van der Waals surface area contributed by atoms with Gasteiger partial charge in [0.25, 0.3) is 5.19 Å². The van der Waals surface area contributed by atoms with Gasteiger partial charge in [0.2, 0.25) is 5.91 Å². The lowest BCUT2D eigenvalue weighted by Gasteiger charge is -2.34. The average molecular weight is 361 g/mol. The van der Waals surface area contributed by atoms with Crippen LogP contribution in [0.15, 0.2) is 24.3 Å². The van der Waals surface area contributed by atoms with Crippen LogP contribution in [0.25, 0.3) is 10.2 Å². The van der Waals surface area contributed by atoms with Crippen LogP contribution in [0.5, 0.6) is 5.19 Å². The summed E-state index contributed by atoms with van der Waals surface area (Å²) < 4.78 is 7.25. The smallest absolute Gasteiger partial charge is 0.274 e. The molecule has 25 heavy (non-hydrogen) atoms. The Hall–Kier alpha value is -1.62. The number of likely N-dealkylation sites (tertiary alicyclic amines) is 1. The van der Waals surface area contributed by atoms with Crippen molar-refractivity contribution in [2.75, 3.05) is 13.1 Å². The summed E-state index contributed by atoms with van der Waals surface area (Å²) in [6.07, 6.45) is 6.13. The predicted molar refractivity (Wildman–Crippen MR) is 103 cm³/mol. The van der Waals surface area contributed by atoms with Crippen LogP contribution in [0.4, 0.5) is 0 Å². The third-order valence-corrected chi connectivity index (χ3v) is 5.85. The highest BCUT2D eigenvalue weighted by atomic mass is 32.1. The number of aromatic nitrogens is 1. The number of carbonyl (C=O) groups is 1. The largest absolute Gasteiger partial charge is 0.467 e. The van der Waals surface area contributed by atoms with E-state index in [4.69, 9.17) is 4.74 Å². The number of amides is 1. The molecular weight excluding hydrogens is 332 g/mol. The van der Waals surface area contributed by atoms with Crippen LogP contribution in [0.1, 0.15) is 52.4 Å². The maximum atomic E-state index is 12.7. The van der Waals surface area contributed by atoms with Gasteiger partial charge in [-0.2, -0.15) is 0 Å². The Morgan fingerprint density at radius 1 is 1.24 bits per heavy atom. The minimum absolute atomic E-state index is 0.167. The lowest BCUT2D eigenvalue weighted by atomic mass is 9.95. The number of para-hydroxylation sites is 1. The molecule has 1 aromatic carbocycles. The fraction of sp³-hybridized carbons (Fsp3) is 0.600. The zero-order chi connectivity index (χ0) is 17.6. The molecule has 1 aliphatic heterocycles. The summed E-state index contributed by atoms with van der Waals surface area (Å²) >= 11 is 1.60. The summed E-state index contributed by atoms with van der Waals surface area (Å²) in [6.45, 7) is 5.93. The van der Waals surface area contributed by atoms with Gasteiger partial charge in [0.1, 0.15) is 6.10 Å². The van der Waals surface area contributed by atoms with E-state index >= 15 is 0 Å². The van der Waals surface area contributed by atoms with E-state index in [2.05, 4.69) is 24.9 Å². The normalized spacial score (nSPS) is 15.9. The van der Waals surface area contributed by atoms with Crippen molar-refractivity contribution in [3.63, 3.8) is 0 Å².